The predicted molar refractivity (Wildman–Crippen MR) is 135 cm³/mol. The van der Waals surface area contributed by atoms with E-state index in [4.69, 9.17) is 19.4 Å². The van der Waals surface area contributed by atoms with Crippen molar-refractivity contribution in [2.75, 3.05) is 39.3 Å². The second-order valence-corrected chi connectivity index (χ2v) is 9.12. The van der Waals surface area contributed by atoms with Crippen molar-refractivity contribution in [1.82, 2.24) is 14.9 Å². The van der Waals surface area contributed by atoms with Gasteiger partial charge in [0.2, 0.25) is 0 Å². The van der Waals surface area contributed by atoms with Crippen molar-refractivity contribution in [3.63, 3.8) is 0 Å². The number of anilines is 1. The van der Waals surface area contributed by atoms with E-state index in [0.29, 0.717) is 12.5 Å². The minimum Gasteiger partial charge on any atom is -0.493 e. The molecule has 34 heavy (non-hydrogen) atoms. The summed E-state index contributed by atoms with van der Waals surface area (Å²) in [6.07, 6.45) is 2.69. The van der Waals surface area contributed by atoms with Gasteiger partial charge in [-0.1, -0.05) is 25.1 Å². The molecular formula is C27H36N4O3. The number of para-hydroxylation sites is 1. The average Bonchev–Trinajstić information content (AvgIpc) is 2.88. The van der Waals surface area contributed by atoms with Crippen LogP contribution in [0.5, 0.6) is 11.5 Å². The maximum absolute atomic E-state index is 10.2. The van der Waals surface area contributed by atoms with E-state index in [9.17, 15) is 5.11 Å². The van der Waals surface area contributed by atoms with Gasteiger partial charge in [-0.25, -0.2) is 9.97 Å². The number of likely N-dealkylation sites (tertiary alicyclic amines) is 1. The number of aliphatic hydroxyl groups excluding tert-OH is 1. The summed E-state index contributed by atoms with van der Waals surface area (Å²) < 4.78 is 10.9. The fourth-order valence-electron chi connectivity index (χ4n) is 4.83. The lowest BCUT2D eigenvalue weighted by atomic mass is 9.90. The molecular weight excluding hydrogens is 428 g/mol. The molecule has 0 bridgehead atoms. The average molecular weight is 465 g/mol. The predicted octanol–water partition coefficient (Wildman–Crippen LogP) is 4.27. The third-order valence-corrected chi connectivity index (χ3v) is 6.82. The van der Waals surface area contributed by atoms with Gasteiger partial charge in [0.15, 0.2) is 11.5 Å². The van der Waals surface area contributed by atoms with Gasteiger partial charge >= 0.3 is 0 Å². The van der Waals surface area contributed by atoms with Crippen molar-refractivity contribution in [3.05, 3.63) is 53.9 Å². The van der Waals surface area contributed by atoms with Gasteiger partial charge in [0.05, 0.1) is 32.4 Å². The van der Waals surface area contributed by atoms with E-state index in [2.05, 4.69) is 42.0 Å². The SMILES string of the molecule is CCC(O)C1CCN(Cc2nc(N(C)Cc3ccc(OC)c(OC)c3)c3ccccc3n2)CC1. The summed E-state index contributed by atoms with van der Waals surface area (Å²) >= 11 is 0. The Balaban J connectivity index is 1.54. The summed E-state index contributed by atoms with van der Waals surface area (Å²) in [5.41, 5.74) is 2.07. The first-order chi connectivity index (χ1) is 16.5. The largest absolute Gasteiger partial charge is 0.493 e. The highest BCUT2D eigenvalue weighted by Crippen LogP contribution is 2.30. The Morgan fingerprint density at radius 1 is 1.06 bits per heavy atom. The van der Waals surface area contributed by atoms with Crippen molar-refractivity contribution >= 4 is 16.7 Å². The minimum atomic E-state index is -0.184. The van der Waals surface area contributed by atoms with Crippen molar-refractivity contribution < 1.29 is 14.6 Å². The zero-order chi connectivity index (χ0) is 24.1. The Morgan fingerprint density at radius 3 is 2.50 bits per heavy atom. The van der Waals surface area contributed by atoms with Gasteiger partial charge in [0.1, 0.15) is 11.6 Å². The lowest BCUT2D eigenvalue weighted by Gasteiger charge is -2.33. The molecule has 1 aliphatic rings. The first-order valence-electron chi connectivity index (χ1n) is 12.1. The van der Waals surface area contributed by atoms with E-state index < -0.39 is 0 Å². The van der Waals surface area contributed by atoms with Gasteiger partial charge in [0, 0.05) is 19.0 Å². The van der Waals surface area contributed by atoms with Gasteiger partial charge in [-0.05, 0) is 68.1 Å². The molecule has 1 fully saturated rings. The quantitative estimate of drug-likeness (QED) is 0.507. The molecule has 3 aromatic rings. The Kier molecular flexibility index (Phi) is 7.85. The van der Waals surface area contributed by atoms with E-state index in [-0.39, 0.29) is 6.10 Å². The summed E-state index contributed by atoms with van der Waals surface area (Å²) in [6.45, 7) is 5.39. The van der Waals surface area contributed by atoms with Crippen LogP contribution in [0.25, 0.3) is 10.9 Å². The molecule has 2 heterocycles. The second kappa shape index (κ2) is 11.0. The van der Waals surface area contributed by atoms with E-state index in [1.807, 2.05) is 24.3 Å². The van der Waals surface area contributed by atoms with Crippen LogP contribution < -0.4 is 14.4 Å². The first kappa shape index (κ1) is 24.2. The number of hydrogen-bond donors (Lipinski definition) is 1. The van der Waals surface area contributed by atoms with E-state index in [0.717, 1.165) is 78.5 Å². The Labute approximate surface area is 202 Å². The molecule has 2 aromatic carbocycles. The van der Waals surface area contributed by atoms with Gasteiger partial charge in [-0.15, -0.1) is 0 Å². The van der Waals surface area contributed by atoms with E-state index >= 15 is 0 Å². The highest BCUT2D eigenvalue weighted by atomic mass is 16.5. The van der Waals surface area contributed by atoms with Crippen LogP contribution in [0.3, 0.4) is 0 Å². The normalized spacial score (nSPS) is 15.9. The number of fused-ring (bicyclic) bond motifs is 1. The van der Waals surface area contributed by atoms with Crippen molar-refractivity contribution in [2.45, 2.75) is 45.4 Å². The number of benzene rings is 2. The Morgan fingerprint density at radius 2 is 1.79 bits per heavy atom. The number of nitrogens with zero attached hydrogens (tertiary/aromatic N) is 4. The lowest BCUT2D eigenvalue weighted by molar-refractivity contribution is 0.0543. The third kappa shape index (κ3) is 5.42. The van der Waals surface area contributed by atoms with Crippen LogP contribution in [0, 0.1) is 5.92 Å². The molecule has 1 aliphatic heterocycles. The number of aliphatic hydroxyl groups is 1. The highest BCUT2D eigenvalue weighted by molar-refractivity contribution is 5.89. The molecule has 1 saturated heterocycles. The topological polar surface area (TPSA) is 71.0 Å². The summed E-state index contributed by atoms with van der Waals surface area (Å²) in [4.78, 5) is 14.4. The highest BCUT2D eigenvalue weighted by Gasteiger charge is 2.25. The number of hydrogen-bond acceptors (Lipinski definition) is 7. The number of ether oxygens (including phenoxy) is 2. The van der Waals surface area contributed by atoms with Gasteiger partial charge in [-0.2, -0.15) is 0 Å². The fourth-order valence-corrected chi connectivity index (χ4v) is 4.83. The number of methoxy groups -OCH3 is 2. The Hall–Kier alpha value is -2.90. The standard InChI is InChI=1S/C27H36N4O3/c1-5-23(32)20-12-14-31(15-13-20)18-26-28-22-9-7-6-8-21(22)27(29-26)30(2)17-19-10-11-24(33-3)25(16-19)34-4/h6-11,16,20,23,32H,5,12-15,17-18H2,1-4H3. The summed E-state index contributed by atoms with van der Waals surface area (Å²) in [7, 11) is 5.36. The van der Waals surface area contributed by atoms with Gasteiger partial charge in [0.25, 0.3) is 0 Å². The molecule has 7 nitrogen and oxygen atoms in total. The van der Waals surface area contributed by atoms with Crippen molar-refractivity contribution in [2.24, 2.45) is 5.92 Å². The monoisotopic (exact) mass is 464 g/mol. The van der Waals surface area contributed by atoms with E-state index in [1.165, 1.54) is 0 Å². The third-order valence-electron chi connectivity index (χ3n) is 6.82. The summed E-state index contributed by atoms with van der Waals surface area (Å²) in [5.74, 6) is 3.60. The first-order valence-corrected chi connectivity index (χ1v) is 12.1. The fraction of sp³-hybridized carbons (Fsp3) is 0.481. The lowest BCUT2D eigenvalue weighted by Crippen LogP contribution is -2.37. The molecule has 7 heteroatoms. The molecule has 0 radical (unpaired) electrons. The summed E-state index contributed by atoms with van der Waals surface area (Å²) in [5, 5.41) is 11.2. The number of aromatic nitrogens is 2. The minimum absolute atomic E-state index is 0.184. The number of rotatable bonds is 9. The van der Waals surface area contributed by atoms with Crippen LogP contribution in [0.4, 0.5) is 5.82 Å². The number of piperidine rings is 1. The molecule has 0 amide bonds. The molecule has 1 atom stereocenters. The molecule has 1 unspecified atom stereocenters. The maximum Gasteiger partial charge on any atom is 0.161 e. The van der Waals surface area contributed by atoms with Crippen LogP contribution in [0.2, 0.25) is 0 Å². The molecule has 182 valence electrons. The van der Waals surface area contributed by atoms with Crippen LogP contribution >= 0.6 is 0 Å². The molecule has 0 saturated carbocycles. The molecule has 1 N–H and O–H groups in total. The van der Waals surface area contributed by atoms with Crippen LogP contribution in [-0.2, 0) is 13.1 Å². The molecule has 0 aliphatic carbocycles. The maximum atomic E-state index is 10.2. The van der Waals surface area contributed by atoms with Gasteiger partial charge in [-0.3, -0.25) is 4.90 Å². The van der Waals surface area contributed by atoms with Gasteiger partial charge < -0.3 is 19.5 Å². The second-order valence-electron chi connectivity index (χ2n) is 9.12. The zero-order valence-electron chi connectivity index (χ0n) is 20.7. The summed E-state index contributed by atoms with van der Waals surface area (Å²) in [6, 6.07) is 14.2. The molecule has 4 rings (SSSR count). The van der Waals surface area contributed by atoms with Crippen LogP contribution in [0.1, 0.15) is 37.6 Å². The van der Waals surface area contributed by atoms with E-state index in [1.54, 1.807) is 14.2 Å². The Bertz CT molecular complexity index is 1100. The van der Waals surface area contributed by atoms with Crippen molar-refractivity contribution in [3.8, 4) is 11.5 Å². The van der Waals surface area contributed by atoms with Crippen LogP contribution in [-0.4, -0.2) is 60.4 Å². The smallest absolute Gasteiger partial charge is 0.161 e. The van der Waals surface area contributed by atoms with Crippen LogP contribution in [0.15, 0.2) is 42.5 Å². The zero-order valence-corrected chi connectivity index (χ0v) is 20.7. The molecule has 1 aromatic heterocycles. The molecule has 0 spiro atoms. The van der Waals surface area contributed by atoms with Crippen molar-refractivity contribution in [1.29, 1.82) is 0 Å².